The second-order valence-electron chi connectivity index (χ2n) is 6.86. The minimum Gasteiger partial charge on any atom is -0.490 e. The van der Waals surface area contributed by atoms with Crippen LogP contribution in [0.1, 0.15) is 39.5 Å². The van der Waals surface area contributed by atoms with Crippen LogP contribution in [0.4, 0.5) is 0 Å². The van der Waals surface area contributed by atoms with Crippen molar-refractivity contribution in [1.82, 2.24) is 5.32 Å². The molecule has 2 aliphatic rings. The van der Waals surface area contributed by atoms with Crippen molar-refractivity contribution >= 4 is 5.91 Å². The molecule has 3 rings (SSSR count). The fourth-order valence-electron chi connectivity index (χ4n) is 4.30. The van der Waals surface area contributed by atoms with E-state index in [1.807, 2.05) is 31.2 Å². The second kappa shape index (κ2) is 7.24. The van der Waals surface area contributed by atoms with Gasteiger partial charge in [0.2, 0.25) is 0 Å². The number of nitrogens with one attached hydrogen (secondary N) is 1. The molecule has 126 valence electrons. The average molecular weight is 317 g/mol. The van der Waals surface area contributed by atoms with Gasteiger partial charge in [0.05, 0.1) is 6.61 Å². The first-order valence-corrected chi connectivity index (χ1v) is 8.81. The summed E-state index contributed by atoms with van der Waals surface area (Å²) in [5.41, 5.74) is 0. The van der Waals surface area contributed by atoms with Crippen LogP contribution >= 0.6 is 0 Å². The molecule has 0 spiro atoms. The van der Waals surface area contributed by atoms with Gasteiger partial charge in [-0.25, -0.2) is 0 Å². The number of carbonyl (C=O) groups excluding carboxylic acids is 1. The lowest BCUT2D eigenvalue weighted by Crippen LogP contribution is -2.42. The molecule has 4 atom stereocenters. The molecule has 2 aliphatic carbocycles. The maximum Gasteiger partial charge on any atom is 0.258 e. The summed E-state index contributed by atoms with van der Waals surface area (Å²) in [6, 6.07) is 7.71. The number of hydrogen-bond donors (Lipinski definition) is 1. The number of carbonyl (C=O) groups is 1. The molecule has 1 amide bonds. The summed E-state index contributed by atoms with van der Waals surface area (Å²) in [5, 5.41) is 3.12. The Labute approximate surface area is 138 Å². The Kier molecular flexibility index (Phi) is 5.09. The number of amides is 1. The van der Waals surface area contributed by atoms with E-state index in [9.17, 15) is 4.79 Å². The third-order valence-corrected chi connectivity index (χ3v) is 5.33. The van der Waals surface area contributed by atoms with Gasteiger partial charge in [0, 0.05) is 6.04 Å². The summed E-state index contributed by atoms with van der Waals surface area (Å²) in [5.74, 6) is 3.62. The summed E-state index contributed by atoms with van der Waals surface area (Å²) < 4.78 is 11.1. The predicted molar refractivity (Wildman–Crippen MR) is 89.6 cm³/mol. The zero-order valence-corrected chi connectivity index (χ0v) is 14.1. The molecule has 0 aliphatic heterocycles. The molecule has 4 heteroatoms. The maximum atomic E-state index is 12.2. The molecule has 0 aromatic heterocycles. The normalized spacial score (nSPS) is 26.8. The first-order chi connectivity index (χ1) is 11.2. The topological polar surface area (TPSA) is 47.6 Å². The largest absolute Gasteiger partial charge is 0.490 e. The lowest BCUT2D eigenvalue weighted by molar-refractivity contribution is -0.124. The van der Waals surface area contributed by atoms with Crippen molar-refractivity contribution in [1.29, 1.82) is 0 Å². The van der Waals surface area contributed by atoms with E-state index in [1.165, 1.54) is 25.7 Å². The van der Waals surface area contributed by atoms with Crippen LogP contribution in [0.3, 0.4) is 0 Å². The molecule has 1 aromatic carbocycles. The standard InChI is InChI=1S/C19H27NO3/c1-3-22-17-6-4-5-7-18(17)23-12-19(21)20-13(2)16-11-14-8-9-15(16)10-14/h4-7,13-16H,3,8-12H2,1-2H3,(H,20,21)/t13-,14-,15-,16+/m0/s1. The van der Waals surface area contributed by atoms with Crippen LogP contribution in [0.5, 0.6) is 11.5 Å². The third-order valence-electron chi connectivity index (χ3n) is 5.33. The van der Waals surface area contributed by atoms with Gasteiger partial charge in [-0.05, 0) is 63.0 Å². The van der Waals surface area contributed by atoms with Gasteiger partial charge in [0.15, 0.2) is 18.1 Å². The van der Waals surface area contributed by atoms with Crippen molar-refractivity contribution in [3.05, 3.63) is 24.3 Å². The van der Waals surface area contributed by atoms with Crippen molar-refractivity contribution in [2.45, 2.75) is 45.6 Å². The molecule has 2 saturated carbocycles. The number of benzene rings is 1. The van der Waals surface area contributed by atoms with E-state index in [-0.39, 0.29) is 18.6 Å². The van der Waals surface area contributed by atoms with Crippen LogP contribution < -0.4 is 14.8 Å². The number of para-hydroxylation sites is 2. The van der Waals surface area contributed by atoms with E-state index in [1.54, 1.807) is 0 Å². The zero-order valence-electron chi connectivity index (χ0n) is 14.1. The van der Waals surface area contributed by atoms with E-state index in [4.69, 9.17) is 9.47 Å². The Morgan fingerprint density at radius 2 is 1.96 bits per heavy atom. The van der Waals surface area contributed by atoms with Gasteiger partial charge in [-0.3, -0.25) is 4.79 Å². The van der Waals surface area contributed by atoms with Crippen molar-refractivity contribution in [2.75, 3.05) is 13.2 Å². The smallest absolute Gasteiger partial charge is 0.258 e. The average Bonchev–Trinajstić information content (AvgIpc) is 3.17. The van der Waals surface area contributed by atoms with Crippen LogP contribution in [0.25, 0.3) is 0 Å². The molecule has 0 unspecified atom stereocenters. The van der Waals surface area contributed by atoms with Crippen molar-refractivity contribution in [2.24, 2.45) is 17.8 Å². The molecular formula is C19H27NO3. The zero-order chi connectivity index (χ0) is 16.2. The Balaban J connectivity index is 1.48. The van der Waals surface area contributed by atoms with Gasteiger partial charge < -0.3 is 14.8 Å². The number of fused-ring (bicyclic) bond motifs is 2. The van der Waals surface area contributed by atoms with E-state index < -0.39 is 0 Å². The van der Waals surface area contributed by atoms with Crippen LogP contribution in [-0.4, -0.2) is 25.2 Å². The van der Waals surface area contributed by atoms with Crippen LogP contribution in [0.2, 0.25) is 0 Å². The van der Waals surface area contributed by atoms with Crippen molar-refractivity contribution < 1.29 is 14.3 Å². The van der Waals surface area contributed by atoms with Crippen LogP contribution in [-0.2, 0) is 4.79 Å². The summed E-state index contributed by atoms with van der Waals surface area (Å²) in [6.07, 6.45) is 5.37. The Morgan fingerprint density at radius 1 is 1.22 bits per heavy atom. The highest BCUT2D eigenvalue weighted by Gasteiger charge is 2.42. The van der Waals surface area contributed by atoms with Gasteiger partial charge in [0.1, 0.15) is 0 Å². The Morgan fingerprint density at radius 3 is 2.57 bits per heavy atom. The molecule has 2 fully saturated rings. The van der Waals surface area contributed by atoms with Crippen LogP contribution in [0, 0.1) is 17.8 Å². The summed E-state index contributed by atoms with van der Waals surface area (Å²) in [7, 11) is 0. The van der Waals surface area contributed by atoms with Crippen molar-refractivity contribution in [3.63, 3.8) is 0 Å². The fourth-order valence-corrected chi connectivity index (χ4v) is 4.30. The summed E-state index contributed by atoms with van der Waals surface area (Å²) >= 11 is 0. The lowest BCUT2D eigenvalue weighted by atomic mass is 9.84. The van der Waals surface area contributed by atoms with Crippen molar-refractivity contribution in [3.8, 4) is 11.5 Å². The number of hydrogen-bond acceptors (Lipinski definition) is 3. The minimum atomic E-state index is -0.0495. The van der Waals surface area contributed by atoms with Crippen LogP contribution in [0.15, 0.2) is 24.3 Å². The molecule has 23 heavy (non-hydrogen) atoms. The minimum absolute atomic E-state index is 0.0369. The van der Waals surface area contributed by atoms with E-state index in [0.29, 0.717) is 24.0 Å². The maximum absolute atomic E-state index is 12.2. The van der Waals surface area contributed by atoms with E-state index >= 15 is 0 Å². The van der Waals surface area contributed by atoms with Gasteiger partial charge >= 0.3 is 0 Å². The highest BCUT2D eigenvalue weighted by molar-refractivity contribution is 5.77. The van der Waals surface area contributed by atoms with Gasteiger partial charge in [-0.1, -0.05) is 18.6 Å². The molecule has 0 saturated heterocycles. The fraction of sp³-hybridized carbons (Fsp3) is 0.632. The Bertz CT molecular complexity index is 545. The predicted octanol–water partition coefficient (Wildman–Crippen LogP) is 3.41. The number of rotatable bonds is 7. The molecular weight excluding hydrogens is 290 g/mol. The number of ether oxygens (including phenoxy) is 2. The Hall–Kier alpha value is -1.71. The van der Waals surface area contributed by atoms with E-state index in [2.05, 4.69) is 12.2 Å². The first-order valence-electron chi connectivity index (χ1n) is 8.81. The summed E-state index contributed by atoms with van der Waals surface area (Å²) in [6.45, 7) is 4.68. The SMILES string of the molecule is CCOc1ccccc1OCC(=O)N[C@@H](C)[C@H]1C[C@H]2CC[C@H]1C2. The second-order valence-corrected chi connectivity index (χ2v) is 6.86. The van der Waals surface area contributed by atoms with Gasteiger partial charge in [-0.2, -0.15) is 0 Å². The molecule has 0 heterocycles. The highest BCUT2D eigenvalue weighted by atomic mass is 16.5. The monoisotopic (exact) mass is 317 g/mol. The first kappa shape index (κ1) is 16.2. The molecule has 1 N–H and O–H groups in total. The lowest BCUT2D eigenvalue weighted by Gasteiger charge is -2.28. The van der Waals surface area contributed by atoms with Gasteiger partial charge in [-0.15, -0.1) is 0 Å². The van der Waals surface area contributed by atoms with Gasteiger partial charge in [0.25, 0.3) is 5.91 Å². The third kappa shape index (κ3) is 3.80. The quantitative estimate of drug-likeness (QED) is 0.838. The molecule has 4 nitrogen and oxygen atoms in total. The van der Waals surface area contributed by atoms with E-state index in [0.717, 1.165) is 11.8 Å². The molecule has 1 aromatic rings. The highest BCUT2D eigenvalue weighted by Crippen LogP contribution is 2.49. The summed E-state index contributed by atoms with van der Waals surface area (Å²) in [4.78, 5) is 12.2. The molecule has 2 bridgehead atoms. The molecule has 0 radical (unpaired) electrons.